The summed E-state index contributed by atoms with van der Waals surface area (Å²) in [5.74, 6) is 1.67. The zero-order valence-corrected chi connectivity index (χ0v) is 14.0. The van der Waals surface area contributed by atoms with E-state index in [2.05, 4.69) is 27.6 Å². The first-order valence-electron chi connectivity index (χ1n) is 7.84. The number of nitrogens with one attached hydrogen (secondary N) is 2. The lowest BCUT2D eigenvalue weighted by Crippen LogP contribution is -2.38. The molecular weight excluding hydrogens is 290 g/mol. The molecule has 0 aliphatic rings. The van der Waals surface area contributed by atoms with Gasteiger partial charge >= 0.3 is 0 Å². The summed E-state index contributed by atoms with van der Waals surface area (Å²) in [5.41, 5.74) is 2.33. The first-order chi connectivity index (χ1) is 11.2. The van der Waals surface area contributed by atoms with E-state index in [0.717, 1.165) is 36.8 Å². The molecule has 0 saturated carbocycles. The van der Waals surface area contributed by atoms with Crippen LogP contribution in [0.5, 0.6) is 5.75 Å². The molecule has 0 aliphatic heterocycles. The van der Waals surface area contributed by atoms with Gasteiger partial charge in [-0.3, -0.25) is 4.68 Å². The molecule has 1 heterocycles. The van der Waals surface area contributed by atoms with Crippen LogP contribution in [-0.4, -0.2) is 35.9 Å². The van der Waals surface area contributed by atoms with Crippen molar-refractivity contribution in [2.75, 3.05) is 20.2 Å². The lowest BCUT2D eigenvalue weighted by atomic mass is 10.2. The predicted octanol–water partition coefficient (Wildman–Crippen LogP) is 1.73. The Morgan fingerprint density at radius 2 is 2.17 bits per heavy atom. The summed E-state index contributed by atoms with van der Waals surface area (Å²) in [7, 11) is 3.60. The minimum Gasteiger partial charge on any atom is -0.497 e. The van der Waals surface area contributed by atoms with Crippen LogP contribution in [0.25, 0.3) is 0 Å². The van der Waals surface area contributed by atoms with Crippen molar-refractivity contribution in [1.29, 1.82) is 0 Å². The van der Waals surface area contributed by atoms with Gasteiger partial charge in [0.15, 0.2) is 5.96 Å². The van der Waals surface area contributed by atoms with Crippen LogP contribution in [0.15, 0.2) is 41.7 Å². The SMILES string of the molecule is CCNC(=NCc1cccc(OC)c1)NCCc1cnn(C)c1. The normalized spacial score (nSPS) is 11.3. The smallest absolute Gasteiger partial charge is 0.191 e. The van der Waals surface area contributed by atoms with Crippen molar-refractivity contribution in [3.63, 3.8) is 0 Å². The van der Waals surface area contributed by atoms with E-state index in [-0.39, 0.29) is 0 Å². The average molecular weight is 315 g/mol. The van der Waals surface area contributed by atoms with Gasteiger partial charge in [0.25, 0.3) is 0 Å². The standard InChI is InChI=1S/C17H25N5O/c1-4-18-17(19-9-8-15-12-21-22(2)13-15)20-11-14-6-5-7-16(10-14)23-3/h5-7,10,12-13H,4,8-9,11H2,1-3H3,(H2,18,19,20). The quantitative estimate of drug-likeness (QED) is 0.603. The first kappa shape index (κ1) is 16.9. The number of ether oxygens (including phenoxy) is 1. The van der Waals surface area contributed by atoms with Gasteiger partial charge in [0.05, 0.1) is 19.9 Å². The topological polar surface area (TPSA) is 63.5 Å². The molecule has 0 radical (unpaired) electrons. The number of methoxy groups -OCH3 is 1. The number of aryl methyl sites for hydroxylation is 1. The third-order valence-corrected chi connectivity index (χ3v) is 3.36. The number of aliphatic imine (C=N–C) groups is 1. The molecule has 0 amide bonds. The summed E-state index contributed by atoms with van der Waals surface area (Å²) in [6, 6.07) is 7.96. The highest BCUT2D eigenvalue weighted by Crippen LogP contribution is 2.13. The maximum atomic E-state index is 5.24. The Labute approximate surface area is 137 Å². The molecule has 0 atom stereocenters. The van der Waals surface area contributed by atoms with E-state index in [1.165, 1.54) is 5.56 Å². The molecule has 0 fully saturated rings. The summed E-state index contributed by atoms with van der Waals surface area (Å²) >= 11 is 0. The number of guanidine groups is 1. The highest BCUT2D eigenvalue weighted by molar-refractivity contribution is 5.79. The maximum absolute atomic E-state index is 5.24. The van der Waals surface area contributed by atoms with Crippen LogP contribution >= 0.6 is 0 Å². The van der Waals surface area contributed by atoms with Crippen LogP contribution in [0.3, 0.4) is 0 Å². The van der Waals surface area contributed by atoms with Crippen molar-refractivity contribution >= 4 is 5.96 Å². The second-order valence-corrected chi connectivity index (χ2v) is 5.25. The van der Waals surface area contributed by atoms with Crippen molar-refractivity contribution < 1.29 is 4.74 Å². The fraction of sp³-hybridized carbons (Fsp3) is 0.412. The average Bonchev–Trinajstić information content (AvgIpc) is 2.98. The maximum Gasteiger partial charge on any atom is 0.191 e. The minimum absolute atomic E-state index is 0.611. The number of benzene rings is 1. The van der Waals surface area contributed by atoms with E-state index in [4.69, 9.17) is 4.74 Å². The van der Waals surface area contributed by atoms with E-state index in [0.29, 0.717) is 6.54 Å². The van der Waals surface area contributed by atoms with Gasteiger partial charge in [-0.1, -0.05) is 12.1 Å². The fourth-order valence-corrected chi connectivity index (χ4v) is 2.21. The second kappa shape index (κ2) is 8.82. The van der Waals surface area contributed by atoms with Crippen molar-refractivity contribution in [3.8, 4) is 5.75 Å². The molecule has 0 spiro atoms. The molecule has 23 heavy (non-hydrogen) atoms. The first-order valence-corrected chi connectivity index (χ1v) is 7.84. The molecule has 124 valence electrons. The number of aromatic nitrogens is 2. The van der Waals surface area contributed by atoms with Gasteiger partial charge in [-0.15, -0.1) is 0 Å². The summed E-state index contributed by atoms with van der Waals surface area (Å²) in [6.07, 6.45) is 4.83. The molecule has 6 nitrogen and oxygen atoms in total. The Bertz CT molecular complexity index is 635. The highest BCUT2D eigenvalue weighted by Gasteiger charge is 2.00. The van der Waals surface area contributed by atoms with E-state index in [9.17, 15) is 0 Å². The van der Waals surface area contributed by atoms with Crippen LogP contribution in [-0.2, 0) is 20.0 Å². The van der Waals surface area contributed by atoms with Gasteiger partial charge in [-0.2, -0.15) is 5.10 Å². The van der Waals surface area contributed by atoms with Crippen LogP contribution in [0.1, 0.15) is 18.1 Å². The molecular formula is C17H25N5O. The van der Waals surface area contributed by atoms with Gasteiger partial charge in [0.2, 0.25) is 0 Å². The van der Waals surface area contributed by atoms with Crippen molar-refractivity contribution in [2.24, 2.45) is 12.0 Å². The van der Waals surface area contributed by atoms with Gasteiger partial charge in [-0.25, -0.2) is 4.99 Å². The van der Waals surface area contributed by atoms with Crippen LogP contribution in [0.2, 0.25) is 0 Å². The largest absolute Gasteiger partial charge is 0.497 e. The van der Waals surface area contributed by atoms with Gasteiger partial charge in [0, 0.05) is 26.3 Å². The van der Waals surface area contributed by atoms with Crippen LogP contribution in [0, 0.1) is 0 Å². The summed E-state index contributed by atoms with van der Waals surface area (Å²) in [6.45, 7) is 4.32. The zero-order valence-electron chi connectivity index (χ0n) is 14.0. The monoisotopic (exact) mass is 315 g/mol. The summed E-state index contributed by atoms with van der Waals surface area (Å²) in [4.78, 5) is 4.61. The predicted molar refractivity (Wildman–Crippen MR) is 92.7 cm³/mol. The van der Waals surface area contributed by atoms with E-state index < -0.39 is 0 Å². The third-order valence-electron chi connectivity index (χ3n) is 3.36. The summed E-state index contributed by atoms with van der Waals surface area (Å²) in [5, 5.41) is 10.8. The molecule has 0 bridgehead atoms. The molecule has 0 saturated heterocycles. The molecule has 1 aromatic carbocycles. The highest BCUT2D eigenvalue weighted by atomic mass is 16.5. The summed E-state index contributed by atoms with van der Waals surface area (Å²) < 4.78 is 7.05. The third kappa shape index (κ3) is 5.65. The van der Waals surface area contributed by atoms with Gasteiger partial charge < -0.3 is 15.4 Å². The molecule has 0 unspecified atom stereocenters. The molecule has 2 N–H and O–H groups in total. The second-order valence-electron chi connectivity index (χ2n) is 5.25. The van der Waals surface area contributed by atoms with E-state index >= 15 is 0 Å². The van der Waals surface area contributed by atoms with E-state index in [1.54, 1.807) is 7.11 Å². The van der Waals surface area contributed by atoms with Crippen LogP contribution in [0.4, 0.5) is 0 Å². The molecule has 0 aliphatic carbocycles. The number of rotatable bonds is 7. The van der Waals surface area contributed by atoms with Gasteiger partial charge in [-0.05, 0) is 36.6 Å². The van der Waals surface area contributed by atoms with E-state index in [1.807, 2.05) is 48.4 Å². The number of hydrogen-bond donors (Lipinski definition) is 2. The molecule has 1 aromatic heterocycles. The lowest BCUT2D eigenvalue weighted by molar-refractivity contribution is 0.414. The van der Waals surface area contributed by atoms with Crippen LogP contribution < -0.4 is 15.4 Å². The number of hydrogen-bond acceptors (Lipinski definition) is 3. The lowest BCUT2D eigenvalue weighted by Gasteiger charge is -2.11. The Morgan fingerprint density at radius 1 is 1.30 bits per heavy atom. The Hall–Kier alpha value is -2.50. The zero-order chi connectivity index (χ0) is 16.5. The van der Waals surface area contributed by atoms with Crippen molar-refractivity contribution in [3.05, 3.63) is 47.8 Å². The minimum atomic E-state index is 0.611. The Kier molecular flexibility index (Phi) is 6.47. The van der Waals surface area contributed by atoms with Crippen molar-refractivity contribution in [2.45, 2.75) is 19.9 Å². The molecule has 6 heteroatoms. The Morgan fingerprint density at radius 3 is 2.87 bits per heavy atom. The fourth-order valence-electron chi connectivity index (χ4n) is 2.21. The number of nitrogens with zero attached hydrogens (tertiary/aromatic N) is 3. The molecule has 2 rings (SSSR count). The molecule has 2 aromatic rings. The van der Waals surface area contributed by atoms with Gasteiger partial charge in [0.1, 0.15) is 5.75 Å². The Balaban J connectivity index is 1.88. The van der Waals surface area contributed by atoms with Crippen molar-refractivity contribution in [1.82, 2.24) is 20.4 Å².